The number of hydrogen-bond donors (Lipinski definition) is 2. The van der Waals surface area contributed by atoms with Gasteiger partial charge in [0.15, 0.2) is 5.82 Å². The van der Waals surface area contributed by atoms with E-state index < -0.39 is 11.9 Å². The van der Waals surface area contributed by atoms with Crippen molar-refractivity contribution < 1.29 is 14.7 Å². The van der Waals surface area contributed by atoms with Gasteiger partial charge in [-0.2, -0.15) is 0 Å². The Balaban J connectivity index is 1.70. The largest absolute Gasteiger partial charge is 0.481 e. The van der Waals surface area contributed by atoms with E-state index in [4.69, 9.17) is 5.11 Å². The molecule has 126 valence electrons. The van der Waals surface area contributed by atoms with Crippen LogP contribution in [0.2, 0.25) is 0 Å². The van der Waals surface area contributed by atoms with Crippen LogP contribution in [0.4, 0.5) is 10.6 Å². The third-order valence-corrected chi connectivity index (χ3v) is 4.18. The van der Waals surface area contributed by atoms with Crippen molar-refractivity contribution in [1.29, 1.82) is 0 Å². The molecule has 0 radical (unpaired) electrons. The number of piperidine rings is 1. The molecule has 1 aromatic heterocycles. The van der Waals surface area contributed by atoms with Gasteiger partial charge in [0.25, 0.3) is 0 Å². The lowest BCUT2D eigenvalue weighted by Crippen LogP contribution is -2.44. The van der Waals surface area contributed by atoms with E-state index in [1.165, 1.54) is 0 Å². The standard InChI is InChI=1S/C17H20N4O3/c1-12-10-15(19-21(12)14-7-3-2-4-8-14)18-17(24)20-9-5-6-13(11-20)16(22)23/h2-4,7-8,10,13H,5-6,9,11H2,1H3,(H,22,23)(H,18,19,24). The molecule has 1 atom stereocenters. The Labute approximate surface area is 139 Å². The molecule has 7 nitrogen and oxygen atoms in total. The average Bonchev–Trinajstić information content (AvgIpc) is 2.96. The lowest BCUT2D eigenvalue weighted by atomic mass is 9.99. The lowest BCUT2D eigenvalue weighted by Gasteiger charge is -2.30. The fourth-order valence-electron chi connectivity index (χ4n) is 2.92. The van der Waals surface area contributed by atoms with Gasteiger partial charge in [-0.05, 0) is 31.9 Å². The van der Waals surface area contributed by atoms with E-state index in [9.17, 15) is 9.59 Å². The first-order chi connectivity index (χ1) is 11.5. The molecule has 24 heavy (non-hydrogen) atoms. The van der Waals surface area contributed by atoms with Crippen LogP contribution >= 0.6 is 0 Å². The minimum absolute atomic E-state index is 0.236. The molecular formula is C17H20N4O3. The number of carbonyl (C=O) groups excluding carboxylic acids is 1. The van der Waals surface area contributed by atoms with E-state index in [0.717, 1.165) is 11.4 Å². The summed E-state index contributed by atoms with van der Waals surface area (Å²) in [5, 5.41) is 16.3. The van der Waals surface area contributed by atoms with Crippen molar-refractivity contribution in [2.45, 2.75) is 19.8 Å². The van der Waals surface area contributed by atoms with E-state index in [1.54, 1.807) is 15.6 Å². The molecule has 2 N–H and O–H groups in total. The fraction of sp³-hybridized carbons (Fsp3) is 0.353. The molecule has 0 bridgehead atoms. The minimum Gasteiger partial charge on any atom is -0.481 e. The predicted octanol–water partition coefficient (Wildman–Crippen LogP) is 2.51. The van der Waals surface area contributed by atoms with Crippen molar-refractivity contribution in [2.24, 2.45) is 5.92 Å². The van der Waals surface area contributed by atoms with E-state index in [1.807, 2.05) is 37.3 Å². The van der Waals surface area contributed by atoms with E-state index >= 15 is 0 Å². The van der Waals surface area contributed by atoms with E-state index in [-0.39, 0.29) is 12.6 Å². The predicted molar refractivity (Wildman–Crippen MR) is 89.3 cm³/mol. The molecule has 2 aromatic rings. The van der Waals surface area contributed by atoms with E-state index in [2.05, 4.69) is 10.4 Å². The summed E-state index contributed by atoms with van der Waals surface area (Å²) in [5.74, 6) is -0.886. The molecule has 1 saturated heterocycles. The Morgan fingerprint density at radius 3 is 2.75 bits per heavy atom. The van der Waals surface area contributed by atoms with Crippen LogP contribution in [0.3, 0.4) is 0 Å². The monoisotopic (exact) mass is 328 g/mol. The summed E-state index contributed by atoms with van der Waals surface area (Å²) in [7, 11) is 0. The minimum atomic E-state index is -0.850. The van der Waals surface area contributed by atoms with Crippen molar-refractivity contribution in [1.82, 2.24) is 14.7 Å². The van der Waals surface area contributed by atoms with Gasteiger partial charge in [0.2, 0.25) is 0 Å². The number of aryl methyl sites for hydroxylation is 1. The van der Waals surface area contributed by atoms with Crippen LogP contribution < -0.4 is 5.32 Å². The SMILES string of the molecule is Cc1cc(NC(=O)N2CCCC(C(=O)O)C2)nn1-c1ccccc1. The van der Waals surface area contributed by atoms with Crippen molar-refractivity contribution >= 4 is 17.8 Å². The number of aromatic nitrogens is 2. The van der Waals surface area contributed by atoms with Gasteiger partial charge < -0.3 is 10.0 Å². The number of hydrogen-bond acceptors (Lipinski definition) is 3. The number of urea groups is 1. The smallest absolute Gasteiger partial charge is 0.323 e. The van der Waals surface area contributed by atoms with Crippen LogP contribution in [-0.2, 0) is 4.79 Å². The number of nitrogens with one attached hydrogen (secondary N) is 1. The Hall–Kier alpha value is -2.83. The van der Waals surface area contributed by atoms with Gasteiger partial charge in [-0.1, -0.05) is 18.2 Å². The van der Waals surface area contributed by atoms with Crippen LogP contribution in [0.25, 0.3) is 5.69 Å². The molecule has 0 aliphatic carbocycles. The number of carboxylic acids is 1. The van der Waals surface area contributed by atoms with Crippen LogP contribution in [0.5, 0.6) is 0 Å². The summed E-state index contributed by atoms with van der Waals surface area (Å²) < 4.78 is 1.76. The molecule has 7 heteroatoms. The molecule has 3 rings (SSSR count). The normalized spacial score (nSPS) is 17.5. The molecule has 2 heterocycles. The number of rotatable bonds is 3. The van der Waals surface area contributed by atoms with Crippen molar-refractivity contribution in [3.05, 3.63) is 42.1 Å². The summed E-state index contributed by atoms with van der Waals surface area (Å²) in [4.78, 5) is 25.0. The van der Waals surface area contributed by atoms with E-state index in [0.29, 0.717) is 25.2 Å². The molecule has 1 fully saturated rings. The van der Waals surface area contributed by atoms with Gasteiger partial charge in [0.1, 0.15) is 0 Å². The number of amides is 2. The summed E-state index contributed by atoms with van der Waals surface area (Å²) in [6, 6.07) is 11.1. The highest BCUT2D eigenvalue weighted by Crippen LogP contribution is 2.19. The zero-order chi connectivity index (χ0) is 17.1. The van der Waals surface area contributed by atoms with Crippen molar-refractivity contribution in [3.8, 4) is 5.69 Å². The fourth-order valence-corrected chi connectivity index (χ4v) is 2.92. The molecule has 0 spiro atoms. The molecule has 0 saturated carbocycles. The zero-order valence-corrected chi connectivity index (χ0v) is 13.5. The Bertz CT molecular complexity index is 742. The summed E-state index contributed by atoms with van der Waals surface area (Å²) in [6.07, 6.45) is 1.31. The Morgan fingerprint density at radius 1 is 1.29 bits per heavy atom. The van der Waals surface area contributed by atoms with Crippen LogP contribution in [0, 0.1) is 12.8 Å². The second kappa shape index (κ2) is 6.74. The second-order valence-corrected chi connectivity index (χ2v) is 5.97. The Kier molecular flexibility index (Phi) is 4.50. The third-order valence-electron chi connectivity index (χ3n) is 4.18. The molecule has 2 amide bonds. The first kappa shape index (κ1) is 16.0. The number of carbonyl (C=O) groups is 2. The lowest BCUT2D eigenvalue weighted by molar-refractivity contribution is -0.143. The number of aliphatic carboxylic acids is 1. The van der Waals surface area contributed by atoms with Gasteiger partial charge in [0.05, 0.1) is 11.6 Å². The topological polar surface area (TPSA) is 87.5 Å². The van der Waals surface area contributed by atoms with Gasteiger partial charge >= 0.3 is 12.0 Å². The first-order valence-corrected chi connectivity index (χ1v) is 7.95. The quantitative estimate of drug-likeness (QED) is 0.906. The molecule has 1 aliphatic heterocycles. The molecular weight excluding hydrogens is 308 g/mol. The third kappa shape index (κ3) is 3.40. The van der Waals surface area contributed by atoms with Crippen LogP contribution in [0.1, 0.15) is 18.5 Å². The number of benzene rings is 1. The molecule has 1 aliphatic rings. The summed E-state index contributed by atoms with van der Waals surface area (Å²) in [5.41, 5.74) is 1.82. The molecule has 1 unspecified atom stereocenters. The second-order valence-electron chi connectivity index (χ2n) is 5.97. The number of carboxylic acid groups (broad SMARTS) is 1. The van der Waals surface area contributed by atoms with Crippen LogP contribution in [0.15, 0.2) is 36.4 Å². The number of anilines is 1. The number of para-hydroxylation sites is 1. The number of nitrogens with zero attached hydrogens (tertiary/aromatic N) is 3. The van der Waals surface area contributed by atoms with Gasteiger partial charge in [-0.3, -0.25) is 10.1 Å². The summed E-state index contributed by atoms with van der Waals surface area (Å²) >= 11 is 0. The zero-order valence-electron chi connectivity index (χ0n) is 13.5. The summed E-state index contributed by atoms with van der Waals surface area (Å²) in [6.45, 7) is 2.71. The van der Waals surface area contributed by atoms with Crippen molar-refractivity contribution in [3.63, 3.8) is 0 Å². The molecule has 1 aromatic carbocycles. The highest BCUT2D eigenvalue weighted by atomic mass is 16.4. The highest BCUT2D eigenvalue weighted by Gasteiger charge is 2.28. The highest BCUT2D eigenvalue weighted by molar-refractivity contribution is 5.88. The van der Waals surface area contributed by atoms with Crippen LogP contribution in [-0.4, -0.2) is 44.9 Å². The Morgan fingerprint density at radius 2 is 2.04 bits per heavy atom. The van der Waals surface area contributed by atoms with Gasteiger partial charge in [-0.15, -0.1) is 5.10 Å². The maximum absolute atomic E-state index is 12.4. The number of likely N-dealkylation sites (tertiary alicyclic amines) is 1. The van der Waals surface area contributed by atoms with Gasteiger partial charge in [0, 0.05) is 24.8 Å². The maximum Gasteiger partial charge on any atom is 0.323 e. The maximum atomic E-state index is 12.4. The first-order valence-electron chi connectivity index (χ1n) is 7.95. The van der Waals surface area contributed by atoms with Crippen molar-refractivity contribution in [2.75, 3.05) is 18.4 Å². The average molecular weight is 328 g/mol. The van der Waals surface area contributed by atoms with Gasteiger partial charge in [-0.25, -0.2) is 9.48 Å².